The maximum Gasteiger partial charge on any atom is 0.316 e. The summed E-state index contributed by atoms with van der Waals surface area (Å²) < 4.78 is 0. The first kappa shape index (κ1) is 15.5. The van der Waals surface area contributed by atoms with Crippen LogP contribution in [0, 0.1) is 0 Å². The molecule has 0 saturated carbocycles. The van der Waals surface area contributed by atoms with Gasteiger partial charge in [0.1, 0.15) is 0 Å². The first-order valence-electron chi connectivity index (χ1n) is 6.74. The van der Waals surface area contributed by atoms with Crippen LogP contribution >= 0.6 is 0 Å². The summed E-state index contributed by atoms with van der Waals surface area (Å²) in [6, 6.07) is 5.63. The maximum absolute atomic E-state index is 11.0. The lowest BCUT2D eigenvalue weighted by atomic mass is 9.85. The Morgan fingerprint density at radius 2 is 1.89 bits per heavy atom. The third kappa shape index (κ3) is 5.30. The number of hydrogen-bond acceptors (Lipinski definition) is 2. The van der Waals surface area contributed by atoms with E-state index in [1.165, 1.54) is 11.1 Å². The lowest BCUT2D eigenvalue weighted by molar-refractivity contribution is 0.259. The number of carbonyl (C=O) groups is 1. The largest absolute Gasteiger partial charge is 0.351 e. The normalized spacial score (nSPS) is 11.4. The van der Waals surface area contributed by atoms with E-state index in [0.29, 0.717) is 6.54 Å². The lowest BCUT2D eigenvalue weighted by Crippen LogP contribution is -2.20. The number of benzene rings is 1. The van der Waals surface area contributed by atoms with Gasteiger partial charge in [-0.3, -0.25) is 0 Å². The molecule has 0 unspecified atom stereocenters. The van der Waals surface area contributed by atoms with Crippen molar-refractivity contribution in [3.8, 4) is 0 Å². The van der Waals surface area contributed by atoms with Crippen molar-refractivity contribution >= 4 is 11.7 Å². The summed E-state index contributed by atoms with van der Waals surface area (Å²) >= 11 is 0. The molecule has 0 heterocycles. The SMILES string of the molecule is CC(C)(C)c1cc(CCCCN)cc(NC(N)=O)c1. The van der Waals surface area contributed by atoms with Gasteiger partial charge in [-0.15, -0.1) is 0 Å². The second-order valence-electron chi connectivity index (χ2n) is 5.90. The van der Waals surface area contributed by atoms with Gasteiger partial charge in [-0.05, 0) is 54.5 Å². The summed E-state index contributed by atoms with van der Waals surface area (Å²) in [5, 5.41) is 2.66. The summed E-state index contributed by atoms with van der Waals surface area (Å²) in [7, 11) is 0. The molecule has 0 spiro atoms. The molecule has 19 heavy (non-hydrogen) atoms. The Bertz CT molecular complexity index is 436. The molecule has 0 aliphatic carbocycles. The molecule has 106 valence electrons. The Labute approximate surface area is 115 Å². The van der Waals surface area contributed by atoms with Crippen LogP contribution in [0.5, 0.6) is 0 Å². The standard InChI is InChI=1S/C15H25N3O/c1-15(2,3)12-8-11(6-4-5-7-16)9-13(10-12)18-14(17)19/h8-10H,4-7,16H2,1-3H3,(H3,17,18,19). The van der Waals surface area contributed by atoms with Crippen LogP contribution in [0.3, 0.4) is 0 Å². The topological polar surface area (TPSA) is 81.1 Å². The fraction of sp³-hybridized carbons (Fsp3) is 0.533. The molecule has 4 heteroatoms. The predicted molar refractivity (Wildman–Crippen MR) is 80.3 cm³/mol. The average Bonchev–Trinajstić information content (AvgIpc) is 2.27. The highest BCUT2D eigenvalue weighted by Crippen LogP contribution is 2.27. The molecule has 0 fully saturated rings. The van der Waals surface area contributed by atoms with Gasteiger partial charge in [0.25, 0.3) is 0 Å². The van der Waals surface area contributed by atoms with Crippen molar-refractivity contribution in [3.63, 3.8) is 0 Å². The van der Waals surface area contributed by atoms with Gasteiger partial charge in [-0.1, -0.05) is 26.8 Å². The molecule has 0 bridgehead atoms. The minimum absolute atomic E-state index is 0.0396. The van der Waals surface area contributed by atoms with Crippen molar-refractivity contribution in [3.05, 3.63) is 29.3 Å². The second kappa shape index (κ2) is 6.57. The minimum atomic E-state index is -0.529. The number of rotatable bonds is 5. The number of nitrogens with one attached hydrogen (secondary N) is 1. The molecular formula is C15H25N3O. The molecule has 1 aromatic carbocycles. The number of carbonyl (C=O) groups excluding carboxylic acids is 1. The van der Waals surface area contributed by atoms with Gasteiger partial charge in [-0.25, -0.2) is 4.79 Å². The molecule has 4 nitrogen and oxygen atoms in total. The molecule has 0 saturated heterocycles. The summed E-state index contributed by atoms with van der Waals surface area (Å²) in [5.74, 6) is 0. The zero-order chi connectivity index (χ0) is 14.5. The number of unbranched alkanes of at least 4 members (excludes halogenated alkanes) is 1. The molecular weight excluding hydrogens is 238 g/mol. The van der Waals surface area contributed by atoms with Crippen molar-refractivity contribution in [1.29, 1.82) is 0 Å². The van der Waals surface area contributed by atoms with E-state index >= 15 is 0 Å². The van der Waals surface area contributed by atoms with E-state index in [0.717, 1.165) is 24.9 Å². The van der Waals surface area contributed by atoms with Gasteiger partial charge in [0, 0.05) is 5.69 Å². The monoisotopic (exact) mass is 263 g/mol. The van der Waals surface area contributed by atoms with E-state index in [4.69, 9.17) is 11.5 Å². The molecule has 0 atom stereocenters. The molecule has 5 N–H and O–H groups in total. The predicted octanol–water partition coefficient (Wildman–Crippen LogP) is 2.76. The van der Waals surface area contributed by atoms with E-state index in [-0.39, 0.29) is 5.41 Å². The van der Waals surface area contributed by atoms with Crippen molar-refractivity contribution in [2.24, 2.45) is 11.5 Å². The van der Waals surface area contributed by atoms with Crippen LogP contribution in [-0.4, -0.2) is 12.6 Å². The van der Waals surface area contributed by atoms with Gasteiger partial charge >= 0.3 is 6.03 Å². The Balaban J connectivity index is 2.98. The summed E-state index contributed by atoms with van der Waals surface area (Å²) in [5.41, 5.74) is 13.9. The number of primary amides is 1. The van der Waals surface area contributed by atoms with Crippen LogP contribution in [0.4, 0.5) is 10.5 Å². The highest BCUT2D eigenvalue weighted by Gasteiger charge is 2.15. The Morgan fingerprint density at radius 3 is 2.42 bits per heavy atom. The molecule has 1 aromatic rings. The highest BCUT2D eigenvalue weighted by molar-refractivity contribution is 5.88. The number of aryl methyl sites for hydroxylation is 1. The third-order valence-electron chi connectivity index (χ3n) is 3.05. The van der Waals surface area contributed by atoms with Crippen molar-refractivity contribution < 1.29 is 4.79 Å². The zero-order valence-electron chi connectivity index (χ0n) is 12.1. The molecule has 2 amide bonds. The van der Waals surface area contributed by atoms with Crippen LogP contribution in [0.2, 0.25) is 0 Å². The fourth-order valence-corrected chi connectivity index (χ4v) is 1.96. The molecule has 1 rings (SSSR count). The first-order chi connectivity index (χ1) is 8.82. The summed E-state index contributed by atoms with van der Waals surface area (Å²) in [6.45, 7) is 7.17. The second-order valence-corrected chi connectivity index (χ2v) is 5.90. The van der Waals surface area contributed by atoms with Crippen molar-refractivity contribution in [1.82, 2.24) is 0 Å². The molecule has 0 aliphatic rings. The van der Waals surface area contributed by atoms with Crippen LogP contribution in [0.25, 0.3) is 0 Å². The molecule has 0 aromatic heterocycles. The van der Waals surface area contributed by atoms with Gasteiger partial charge in [-0.2, -0.15) is 0 Å². The number of nitrogens with two attached hydrogens (primary N) is 2. The first-order valence-corrected chi connectivity index (χ1v) is 6.74. The fourth-order valence-electron chi connectivity index (χ4n) is 1.96. The Hall–Kier alpha value is -1.55. The number of urea groups is 1. The Kier molecular flexibility index (Phi) is 5.36. The lowest BCUT2D eigenvalue weighted by Gasteiger charge is -2.21. The average molecular weight is 263 g/mol. The third-order valence-corrected chi connectivity index (χ3v) is 3.05. The van der Waals surface area contributed by atoms with Crippen LogP contribution in [-0.2, 0) is 11.8 Å². The van der Waals surface area contributed by atoms with E-state index < -0.39 is 6.03 Å². The summed E-state index contributed by atoms with van der Waals surface area (Å²) in [4.78, 5) is 11.0. The van der Waals surface area contributed by atoms with Crippen molar-refractivity contribution in [2.45, 2.75) is 45.4 Å². The molecule has 0 aliphatic heterocycles. The van der Waals surface area contributed by atoms with Crippen LogP contribution in [0.1, 0.15) is 44.7 Å². The van der Waals surface area contributed by atoms with E-state index in [1.54, 1.807) is 0 Å². The smallest absolute Gasteiger partial charge is 0.316 e. The quantitative estimate of drug-likeness (QED) is 0.714. The van der Waals surface area contributed by atoms with Gasteiger partial charge in [0.05, 0.1) is 0 Å². The van der Waals surface area contributed by atoms with Crippen LogP contribution in [0.15, 0.2) is 18.2 Å². The van der Waals surface area contributed by atoms with Crippen molar-refractivity contribution in [2.75, 3.05) is 11.9 Å². The minimum Gasteiger partial charge on any atom is -0.351 e. The van der Waals surface area contributed by atoms with E-state index in [1.807, 2.05) is 12.1 Å². The highest BCUT2D eigenvalue weighted by atomic mass is 16.2. The van der Waals surface area contributed by atoms with Gasteiger partial charge < -0.3 is 16.8 Å². The maximum atomic E-state index is 11.0. The molecule has 0 radical (unpaired) electrons. The van der Waals surface area contributed by atoms with Crippen LogP contribution < -0.4 is 16.8 Å². The van der Waals surface area contributed by atoms with Gasteiger partial charge in [0.15, 0.2) is 0 Å². The number of amides is 2. The number of hydrogen-bond donors (Lipinski definition) is 3. The zero-order valence-corrected chi connectivity index (χ0v) is 12.1. The number of anilines is 1. The van der Waals surface area contributed by atoms with E-state index in [9.17, 15) is 4.79 Å². The van der Waals surface area contributed by atoms with E-state index in [2.05, 4.69) is 32.2 Å². The Morgan fingerprint density at radius 1 is 1.21 bits per heavy atom. The summed E-state index contributed by atoms with van der Waals surface area (Å²) in [6.07, 6.45) is 3.03. The van der Waals surface area contributed by atoms with Gasteiger partial charge in [0.2, 0.25) is 0 Å².